The molecule has 0 radical (unpaired) electrons. The molecule has 0 bridgehead atoms. The third-order valence-corrected chi connectivity index (χ3v) is 8.50. The standard InChI is InChI=1S/C36H39N7O5/c1-2-43-35-29(20-40-43)34(41-28-13-15-48-16-14-28)30(19-38-35)36(47)42-27-10-7-25(8-11-27)24-5-3-23(4-6-24)18-37-21-33(46)26-9-12-32(45)31(17-26)39-22-44/h3-12,17,19-20,22,28,33,37,45-46H,2,13-16,18,21H2,1H3,(H,38,41)(H,39,44)(H,42,47). The second-order valence-corrected chi connectivity index (χ2v) is 11.7. The third kappa shape index (κ3) is 7.46. The number of carbonyl (C=O) groups is 2. The monoisotopic (exact) mass is 649 g/mol. The summed E-state index contributed by atoms with van der Waals surface area (Å²) < 4.78 is 7.35. The van der Waals surface area contributed by atoms with E-state index >= 15 is 0 Å². The fourth-order valence-electron chi connectivity index (χ4n) is 5.80. The number of rotatable bonds is 13. The van der Waals surface area contributed by atoms with Crippen molar-refractivity contribution >= 4 is 40.4 Å². The molecule has 2 amide bonds. The summed E-state index contributed by atoms with van der Waals surface area (Å²) in [6, 6.07) is 20.6. The van der Waals surface area contributed by atoms with Gasteiger partial charge in [0.2, 0.25) is 6.41 Å². The number of carbonyl (C=O) groups excluding carboxylic acids is 2. The molecular weight excluding hydrogens is 610 g/mol. The van der Waals surface area contributed by atoms with Gasteiger partial charge in [-0.05, 0) is 66.3 Å². The third-order valence-electron chi connectivity index (χ3n) is 8.50. The number of phenols is 1. The minimum atomic E-state index is -0.815. The van der Waals surface area contributed by atoms with E-state index in [1.165, 1.54) is 6.07 Å². The average Bonchev–Trinajstić information content (AvgIpc) is 3.54. The summed E-state index contributed by atoms with van der Waals surface area (Å²) in [5.41, 5.74) is 6.53. The second kappa shape index (κ2) is 15.1. The van der Waals surface area contributed by atoms with E-state index in [0.29, 0.717) is 56.1 Å². The van der Waals surface area contributed by atoms with Crippen LogP contribution in [0.1, 0.15) is 47.4 Å². The number of hydrogen-bond donors (Lipinski definition) is 6. The van der Waals surface area contributed by atoms with Gasteiger partial charge in [0.1, 0.15) is 5.75 Å². The highest BCUT2D eigenvalue weighted by Crippen LogP contribution is 2.30. The molecule has 2 aromatic heterocycles. The van der Waals surface area contributed by atoms with Gasteiger partial charge in [-0.15, -0.1) is 0 Å². The molecule has 12 nitrogen and oxygen atoms in total. The molecule has 3 aromatic carbocycles. The van der Waals surface area contributed by atoms with Crippen LogP contribution in [0.25, 0.3) is 22.2 Å². The molecule has 12 heteroatoms. The predicted molar refractivity (Wildman–Crippen MR) is 185 cm³/mol. The number of anilines is 3. The van der Waals surface area contributed by atoms with Crippen LogP contribution in [0.4, 0.5) is 17.1 Å². The Morgan fingerprint density at radius 3 is 2.48 bits per heavy atom. The van der Waals surface area contributed by atoms with Gasteiger partial charge in [0.25, 0.3) is 5.91 Å². The fraction of sp³-hybridized carbons (Fsp3) is 0.278. The van der Waals surface area contributed by atoms with Gasteiger partial charge in [-0.2, -0.15) is 5.10 Å². The summed E-state index contributed by atoms with van der Waals surface area (Å²) in [4.78, 5) is 28.9. The predicted octanol–water partition coefficient (Wildman–Crippen LogP) is 5.06. The van der Waals surface area contributed by atoms with Crippen molar-refractivity contribution in [1.29, 1.82) is 0 Å². The lowest BCUT2D eigenvalue weighted by atomic mass is 10.0. The Bertz CT molecular complexity index is 1870. The van der Waals surface area contributed by atoms with Crippen molar-refractivity contribution in [2.45, 2.75) is 45.0 Å². The Morgan fingerprint density at radius 1 is 1.04 bits per heavy atom. The zero-order chi connectivity index (χ0) is 33.5. The van der Waals surface area contributed by atoms with Gasteiger partial charge in [-0.25, -0.2) is 9.67 Å². The van der Waals surface area contributed by atoms with Crippen molar-refractivity contribution in [1.82, 2.24) is 20.1 Å². The van der Waals surface area contributed by atoms with E-state index in [1.54, 1.807) is 24.5 Å². The molecule has 0 aliphatic carbocycles. The molecule has 0 saturated carbocycles. The van der Waals surface area contributed by atoms with Gasteiger partial charge in [-0.1, -0.05) is 42.5 Å². The number of aliphatic hydroxyl groups excluding tert-OH is 1. The quantitative estimate of drug-likeness (QED) is 0.0756. The van der Waals surface area contributed by atoms with Crippen LogP contribution in [0.3, 0.4) is 0 Å². The van der Waals surface area contributed by atoms with Crippen LogP contribution in [0.5, 0.6) is 5.75 Å². The molecule has 1 unspecified atom stereocenters. The largest absolute Gasteiger partial charge is 0.506 e. The molecular formula is C36H39N7O5. The number of nitrogens with one attached hydrogen (secondary N) is 4. The Balaban J connectivity index is 1.07. The first-order valence-corrected chi connectivity index (χ1v) is 16.0. The van der Waals surface area contributed by atoms with Crippen molar-refractivity contribution in [2.75, 3.05) is 35.7 Å². The average molecular weight is 650 g/mol. The molecule has 1 aliphatic rings. The van der Waals surface area contributed by atoms with Crippen molar-refractivity contribution in [3.63, 3.8) is 0 Å². The van der Waals surface area contributed by atoms with E-state index in [9.17, 15) is 19.8 Å². The minimum Gasteiger partial charge on any atom is -0.506 e. The molecule has 1 atom stereocenters. The highest BCUT2D eigenvalue weighted by molar-refractivity contribution is 6.12. The highest BCUT2D eigenvalue weighted by Gasteiger charge is 2.22. The van der Waals surface area contributed by atoms with E-state index in [2.05, 4.69) is 31.3 Å². The number of benzene rings is 3. The highest BCUT2D eigenvalue weighted by atomic mass is 16.5. The zero-order valence-electron chi connectivity index (χ0n) is 26.6. The number of phenolic OH excluding ortho intramolecular Hbond substituents is 1. The van der Waals surface area contributed by atoms with Crippen molar-refractivity contribution in [2.24, 2.45) is 0 Å². The Labute approximate surface area is 278 Å². The first-order chi connectivity index (χ1) is 23.4. The molecule has 0 spiro atoms. The number of aromatic nitrogens is 3. The van der Waals surface area contributed by atoms with Gasteiger partial charge in [0.05, 0.1) is 34.6 Å². The van der Waals surface area contributed by atoms with Gasteiger partial charge >= 0.3 is 0 Å². The van der Waals surface area contributed by atoms with Crippen molar-refractivity contribution < 1.29 is 24.5 Å². The summed E-state index contributed by atoms with van der Waals surface area (Å²) in [7, 11) is 0. The van der Waals surface area contributed by atoms with Gasteiger partial charge < -0.3 is 36.2 Å². The molecule has 1 aliphatic heterocycles. The first kappa shape index (κ1) is 32.6. The summed E-state index contributed by atoms with van der Waals surface area (Å²) >= 11 is 0. The number of aromatic hydroxyl groups is 1. The van der Waals surface area contributed by atoms with Gasteiger partial charge in [0, 0.05) is 50.8 Å². The maximum Gasteiger partial charge on any atom is 0.259 e. The first-order valence-electron chi connectivity index (χ1n) is 16.0. The van der Waals surface area contributed by atoms with Crippen LogP contribution in [-0.4, -0.2) is 63.1 Å². The summed E-state index contributed by atoms with van der Waals surface area (Å²) in [6.45, 7) is 4.90. The number of hydrogen-bond acceptors (Lipinski definition) is 9. The van der Waals surface area contributed by atoms with E-state index in [4.69, 9.17) is 4.74 Å². The number of ether oxygens (including phenoxy) is 1. The van der Waals surface area contributed by atoms with Crippen LogP contribution in [0.15, 0.2) is 79.1 Å². The zero-order valence-corrected chi connectivity index (χ0v) is 26.6. The molecule has 248 valence electrons. The lowest BCUT2D eigenvalue weighted by Gasteiger charge is -2.25. The second-order valence-electron chi connectivity index (χ2n) is 11.7. The maximum absolute atomic E-state index is 13.6. The molecule has 1 saturated heterocycles. The van der Waals surface area contributed by atoms with E-state index in [1.807, 2.05) is 60.1 Å². The molecule has 5 aromatic rings. The molecule has 6 rings (SSSR count). The topological polar surface area (TPSA) is 163 Å². The van der Waals surface area contributed by atoms with Crippen LogP contribution >= 0.6 is 0 Å². The number of nitrogens with zero attached hydrogens (tertiary/aromatic N) is 3. The van der Waals surface area contributed by atoms with E-state index in [0.717, 1.165) is 46.3 Å². The lowest BCUT2D eigenvalue weighted by Crippen LogP contribution is -2.29. The SMILES string of the molecule is CCn1ncc2c(NC3CCOCC3)c(C(=O)Nc3ccc(-c4ccc(CNCC(O)c5ccc(O)c(NC=O)c5)cc4)cc3)cnc21. The summed E-state index contributed by atoms with van der Waals surface area (Å²) in [5.74, 6) is -0.313. The van der Waals surface area contributed by atoms with Crippen LogP contribution < -0.4 is 21.3 Å². The summed E-state index contributed by atoms with van der Waals surface area (Å²) in [5, 5.41) is 37.9. The van der Waals surface area contributed by atoms with Crippen LogP contribution in [0.2, 0.25) is 0 Å². The van der Waals surface area contributed by atoms with Gasteiger partial charge in [0.15, 0.2) is 5.65 Å². The molecule has 1 fully saturated rings. The Morgan fingerprint density at radius 2 is 1.77 bits per heavy atom. The number of amides is 2. The lowest BCUT2D eigenvalue weighted by molar-refractivity contribution is -0.105. The smallest absolute Gasteiger partial charge is 0.259 e. The number of pyridine rings is 1. The fourth-order valence-corrected chi connectivity index (χ4v) is 5.80. The molecule has 3 heterocycles. The van der Waals surface area contributed by atoms with Crippen LogP contribution in [-0.2, 0) is 22.6 Å². The maximum atomic E-state index is 13.6. The normalized spacial score (nSPS) is 14.0. The van der Waals surface area contributed by atoms with E-state index in [-0.39, 0.29) is 23.4 Å². The van der Waals surface area contributed by atoms with Crippen molar-refractivity contribution in [3.8, 4) is 16.9 Å². The Hall–Kier alpha value is -5.30. The number of aryl methyl sites for hydroxylation is 1. The number of fused-ring (bicyclic) bond motifs is 1. The molecule has 48 heavy (non-hydrogen) atoms. The molecule has 6 N–H and O–H groups in total. The van der Waals surface area contributed by atoms with Crippen LogP contribution in [0, 0.1) is 0 Å². The van der Waals surface area contributed by atoms with E-state index < -0.39 is 6.10 Å². The van der Waals surface area contributed by atoms with Crippen molar-refractivity contribution in [3.05, 3.63) is 95.8 Å². The van der Waals surface area contributed by atoms with Gasteiger partial charge in [-0.3, -0.25) is 9.59 Å². The minimum absolute atomic E-state index is 0.0647. The summed E-state index contributed by atoms with van der Waals surface area (Å²) in [6.07, 6.45) is 4.77. The number of aliphatic hydroxyl groups is 1. The Kier molecular flexibility index (Phi) is 10.2.